The molecule has 1 N–H and O–H groups in total. The molecule has 1 saturated heterocycles. The molecule has 2 aromatic rings. The highest BCUT2D eigenvalue weighted by Crippen LogP contribution is 2.38. The molecule has 0 spiro atoms. The molecular weight excluding hydrogens is 334 g/mol. The summed E-state index contributed by atoms with van der Waals surface area (Å²) in [4.78, 5) is 16.4. The molecule has 1 fully saturated rings. The van der Waals surface area contributed by atoms with Gasteiger partial charge < -0.3 is 9.84 Å². The Kier molecular flexibility index (Phi) is 5.76. The largest absolute Gasteiger partial charge is 0.494 e. The second kappa shape index (κ2) is 8.02. The molecule has 5 heteroatoms. The van der Waals surface area contributed by atoms with Crippen molar-refractivity contribution in [3.8, 4) is 5.75 Å². The van der Waals surface area contributed by atoms with Crippen molar-refractivity contribution in [1.29, 1.82) is 0 Å². The second-order valence-electron chi connectivity index (χ2n) is 6.44. The van der Waals surface area contributed by atoms with Crippen LogP contribution in [-0.4, -0.2) is 35.2 Å². The van der Waals surface area contributed by atoms with Gasteiger partial charge in [-0.1, -0.05) is 18.6 Å². The highest BCUT2D eigenvalue weighted by molar-refractivity contribution is 7.12. The van der Waals surface area contributed by atoms with E-state index < -0.39 is 12.0 Å². The Balaban J connectivity index is 2.03. The average molecular weight is 359 g/mol. The van der Waals surface area contributed by atoms with Crippen molar-refractivity contribution in [2.45, 2.75) is 45.2 Å². The number of carboxylic acid groups (broad SMARTS) is 1. The van der Waals surface area contributed by atoms with Crippen molar-refractivity contribution >= 4 is 17.3 Å². The van der Waals surface area contributed by atoms with E-state index in [9.17, 15) is 9.90 Å². The number of aryl methyl sites for hydroxylation is 1. The van der Waals surface area contributed by atoms with E-state index in [1.807, 2.05) is 19.1 Å². The highest BCUT2D eigenvalue weighted by Gasteiger charge is 2.35. The second-order valence-corrected chi connectivity index (χ2v) is 7.76. The minimum Gasteiger partial charge on any atom is -0.494 e. The summed E-state index contributed by atoms with van der Waals surface area (Å²) in [6.07, 6.45) is 2.72. The molecule has 1 aromatic carbocycles. The van der Waals surface area contributed by atoms with Gasteiger partial charge >= 0.3 is 5.97 Å². The third-order valence-electron chi connectivity index (χ3n) is 4.68. The normalized spacial score (nSPS) is 19.5. The fourth-order valence-corrected chi connectivity index (χ4v) is 4.62. The van der Waals surface area contributed by atoms with Crippen LogP contribution < -0.4 is 4.74 Å². The number of rotatable bonds is 6. The molecule has 0 amide bonds. The van der Waals surface area contributed by atoms with E-state index in [1.54, 1.807) is 11.3 Å². The Morgan fingerprint density at radius 3 is 2.88 bits per heavy atom. The minimum atomic E-state index is -0.723. The Morgan fingerprint density at radius 1 is 1.36 bits per heavy atom. The zero-order valence-electron chi connectivity index (χ0n) is 14.8. The van der Waals surface area contributed by atoms with Gasteiger partial charge in [-0.25, -0.2) is 0 Å². The SMILES string of the molecule is CCOc1cccc(C(c2ccc(C)s2)N2CCCCC2C(=O)O)c1. The predicted molar refractivity (Wildman–Crippen MR) is 100 cm³/mol. The van der Waals surface area contributed by atoms with Gasteiger partial charge in [-0.15, -0.1) is 11.3 Å². The zero-order chi connectivity index (χ0) is 17.8. The van der Waals surface area contributed by atoms with E-state index in [1.165, 1.54) is 9.75 Å². The van der Waals surface area contributed by atoms with Crippen LogP contribution >= 0.6 is 11.3 Å². The maximum absolute atomic E-state index is 11.8. The third kappa shape index (κ3) is 4.05. The van der Waals surface area contributed by atoms with Crippen LogP contribution in [0, 0.1) is 6.92 Å². The van der Waals surface area contributed by atoms with Crippen LogP contribution in [0.15, 0.2) is 36.4 Å². The van der Waals surface area contributed by atoms with Crippen molar-refractivity contribution in [3.63, 3.8) is 0 Å². The third-order valence-corrected chi connectivity index (χ3v) is 5.73. The first kappa shape index (κ1) is 18.0. The number of benzene rings is 1. The molecule has 25 heavy (non-hydrogen) atoms. The molecule has 0 saturated carbocycles. The summed E-state index contributed by atoms with van der Waals surface area (Å²) in [7, 11) is 0. The molecule has 134 valence electrons. The lowest BCUT2D eigenvalue weighted by atomic mass is 9.95. The molecule has 0 bridgehead atoms. The monoisotopic (exact) mass is 359 g/mol. The number of nitrogens with zero attached hydrogens (tertiary/aromatic N) is 1. The number of likely N-dealkylation sites (tertiary alicyclic amines) is 1. The van der Waals surface area contributed by atoms with Crippen molar-refractivity contribution in [3.05, 3.63) is 51.7 Å². The average Bonchev–Trinajstić information content (AvgIpc) is 3.02. The van der Waals surface area contributed by atoms with Gasteiger partial charge in [0.15, 0.2) is 0 Å². The Bertz CT molecular complexity index is 727. The molecule has 0 aliphatic carbocycles. The fourth-order valence-electron chi connectivity index (χ4n) is 3.59. The maximum Gasteiger partial charge on any atom is 0.320 e. The van der Waals surface area contributed by atoms with Crippen molar-refractivity contribution in [2.75, 3.05) is 13.2 Å². The van der Waals surface area contributed by atoms with Gasteiger partial charge in [0.05, 0.1) is 12.6 Å². The predicted octanol–water partition coefficient (Wildman–Crippen LogP) is 4.48. The van der Waals surface area contributed by atoms with E-state index in [0.29, 0.717) is 13.0 Å². The number of piperidine rings is 1. The summed E-state index contributed by atoms with van der Waals surface area (Å²) < 4.78 is 5.67. The maximum atomic E-state index is 11.8. The van der Waals surface area contributed by atoms with E-state index >= 15 is 0 Å². The molecule has 2 unspecified atom stereocenters. The molecule has 2 atom stereocenters. The lowest BCUT2D eigenvalue weighted by Crippen LogP contribution is -2.46. The molecule has 3 rings (SSSR count). The lowest BCUT2D eigenvalue weighted by molar-refractivity contribution is -0.145. The smallest absolute Gasteiger partial charge is 0.320 e. The number of hydrogen-bond acceptors (Lipinski definition) is 4. The van der Waals surface area contributed by atoms with Crippen molar-refractivity contribution < 1.29 is 14.6 Å². The minimum absolute atomic E-state index is 0.0412. The number of carbonyl (C=O) groups is 1. The van der Waals surface area contributed by atoms with E-state index in [4.69, 9.17) is 4.74 Å². The molecule has 1 aliphatic rings. The van der Waals surface area contributed by atoms with Crippen LogP contribution in [0.4, 0.5) is 0 Å². The van der Waals surface area contributed by atoms with Gasteiger partial charge in [-0.05, 0) is 63.1 Å². The van der Waals surface area contributed by atoms with Gasteiger partial charge in [0.1, 0.15) is 11.8 Å². The number of carboxylic acids is 1. The first-order valence-electron chi connectivity index (χ1n) is 8.87. The van der Waals surface area contributed by atoms with Crippen LogP contribution in [0.2, 0.25) is 0 Å². The van der Waals surface area contributed by atoms with Crippen LogP contribution in [0.3, 0.4) is 0 Å². The molecule has 1 aliphatic heterocycles. The zero-order valence-corrected chi connectivity index (χ0v) is 15.6. The number of ether oxygens (including phenoxy) is 1. The van der Waals surface area contributed by atoms with Crippen molar-refractivity contribution in [1.82, 2.24) is 4.90 Å². The summed E-state index contributed by atoms with van der Waals surface area (Å²) in [5.41, 5.74) is 1.10. The molecule has 1 aromatic heterocycles. The van der Waals surface area contributed by atoms with Crippen LogP contribution in [-0.2, 0) is 4.79 Å². The van der Waals surface area contributed by atoms with Gasteiger partial charge in [-0.2, -0.15) is 0 Å². The van der Waals surface area contributed by atoms with Crippen LogP contribution in [0.25, 0.3) is 0 Å². The van der Waals surface area contributed by atoms with Crippen LogP contribution in [0.1, 0.15) is 47.5 Å². The molecule has 4 nitrogen and oxygen atoms in total. The summed E-state index contributed by atoms with van der Waals surface area (Å²) in [5.74, 6) is 0.112. The van der Waals surface area contributed by atoms with E-state index in [0.717, 1.165) is 30.7 Å². The van der Waals surface area contributed by atoms with Gasteiger partial charge in [0.2, 0.25) is 0 Å². The topological polar surface area (TPSA) is 49.8 Å². The van der Waals surface area contributed by atoms with Crippen LogP contribution in [0.5, 0.6) is 5.75 Å². The van der Waals surface area contributed by atoms with E-state index in [-0.39, 0.29) is 6.04 Å². The molecule has 0 radical (unpaired) electrons. The summed E-state index contributed by atoms with van der Waals surface area (Å²) in [5, 5.41) is 9.73. The first-order valence-corrected chi connectivity index (χ1v) is 9.69. The molecular formula is C20H25NO3S. The fraction of sp³-hybridized carbons (Fsp3) is 0.450. The van der Waals surface area contributed by atoms with E-state index in [2.05, 4.69) is 36.1 Å². The highest BCUT2D eigenvalue weighted by atomic mass is 32.1. The summed E-state index contributed by atoms with van der Waals surface area (Å²) in [6, 6.07) is 11.8. The first-order chi connectivity index (χ1) is 12.1. The molecule has 2 heterocycles. The Labute approximate surface area is 153 Å². The Hall–Kier alpha value is -1.85. The summed E-state index contributed by atoms with van der Waals surface area (Å²) >= 11 is 1.74. The quantitative estimate of drug-likeness (QED) is 0.826. The van der Waals surface area contributed by atoms with Gasteiger partial charge in [0.25, 0.3) is 0 Å². The van der Waals surface area contributed by atoms with Gasteiger partial charge in [-0.3, -0.25) is 9.69 Å². The Morgan fingerprint density at radius 2 is 2.20 bits per heavy atom. The number of hydrogen-bond donors (Lipinski definition) is 1. The number of thiophene rings is 1. The standard InChI is InChI=1S/C20H25NO3S/c1-3-24-16-8-6-7-15(13-16)19(18-11-10-14(2)25-18)21-12-5-4-9-17(21)20(22)23/h6-8,10-11,13,17,19H,3-5,9,12H2,1-2H3,(H,22,23). The van der Waals surface area contributed by atoms with Gasteiger partial charge in [0, 0.05) is 9.75 Å². The number of aliphatic carboxylic acids is 1. The lowest BCUT2D eigenvalue weighted by Gasteiger charge is -2.39. The summed E-state index contributed by atoms with van der Waals surface area (Å²) in [6.45, 7) is 5.48. The van der Waals surface area contributed by atoms with Crippen molar-refractivity contribution in [2.24, 2.45) is 0 Å².